The van der Waals surface area contributed by atoms with Gasteiger partial charge in [0.15, 0.2) is 0 Å². The lowest BCUT2D eigenvalue weighted by molar-refractivity contribution is 0.0247. The van der Waals surface area contributed by atoms with Crippen LogP contribution in [0.2, 0.25) is 0 Å². The summed E-state index contributed by atoms with van der Waals surface area (Å²) in [5.74, 6) is 1.69. The third kappa shape index (κ3) is 7.44. The first-order valence-electron chi connectivity index (χ1n) is 8.95. The van der Waals surface area contributed by atoms with E-state index in [1.54, 1.807) is 0 Å². The van der Waals surface area contributed by atoms with E-state index in [1.807, 2.05) is 50.2 Å². The van der Waals surface area contributed by atoms with Crippen LogP contribution in [0.15, 0.2) is 48.5 Å². The minimum atomic E-state index is 0.0367. The van der Waals surface area contributed by atoms with E-state index >= 15 is 0 Å². The second kappa shape index (κ2) is 11.5. The lowest BCUT2D eigenvalue weighted by Crippen LogP contribution is -2.11. The van der Waals surface area contributed by atoms with Gasteiger partial charge in [-0.05, 0) is 49.2 Å². The molecule has 0 atom stereocenters. The second-order valence-electron chi connectivity index (χ2n) is 6.01. The summed E-state index contributed by atoms with van der Waals surface area (Å²) in [5.41, 5.74) is 2.27. The Hall–Kier alpha value is -2.08. The highest BCUT2D eigenvalue weighted by molar-refractivity contribution is 5.64. The van der Waals surface area contributed by atoms with E-state index in [1.165, 1.54) is 0 Å². The predicted molar refractivity (Wildman–Crippen MR) is 102 cm³/mol. The van der Waals surface area contributed by atoms with E-state index < -0.39 is 0 Å². The molecule has 0 saturated heterocycles. The molecule has 5 nitrogen and oxygen atoms in total. The standard InChI is InChI=1S/C21H28O5/c1-17(2)26-21-9-5-19(6-10-21)18-3-7-20(8-4-18)25-16-15-24-14-13-23-12-11-22/h3-10,17,22H,11-16H2,1-2H3. The van der Waals surface area contributed by atoms with Crippen LogP contribution in [0.25, 0.3) is 11.1 Å². The minimum absolute atomic E-state index is 0.0367. The topological polar surface area (TPSA) is 57.2 Å². The Morgan fingerprint density at radius 3 is 1.73 bits per heavy atom. The molecule has 2 rings (SSSR count). The lowest BCUT2D eigenvalue weighted by atomic mass is 10.1. The molecule has 0 heterocycles. The molecule has 0 radical (unpaired) electrons. The molecule has 0 amide bonds. The molecule has 0 fully saturated rings. The van der Waals surface area contributed by atoms with Gasteiger partial charge < -0.3 is 24.1 Å². The predicted octanol–water partition coefficient (Wildman–Crippen LogP) is 3.55. The van der Waals surface area contributed by atoms with Gasteiger partial charge in [-0.15, -0.1) is 0 Å². The molecule has 0 unspecified atom stereocenters. The Morgan fingerprint density at radius 2 is 1.19 bits per heavy atom. The third-order valence-corrected chi connectivity index (χ3v) is 3.52. The first-order chi connectivity index (χ1) is 12.7. The van der Waals surface area contributed by atoms with Gasteiger partial charge in [0.05, 0.1) is 39.1 Å². The molecule has 0 bridgehead atoms. The van der Waals surface area contributed by atoms with E-state index in [-0.39, 0.29) is 12.7 Å². The van der Waals surface area contributed by atoms with Gasteiger partial charge >= 0.3 is 0 Å². The average Bonchev–Trinajstić information content (AvgIpc) is 2.65. The largest absolute Gasteiger partial charge is 0.491 e. The van der Waals surface area contributed by atoms with Crippen molar-refractivity contribution in [3.05, 3.63) is 48.5 Å². The van der Waals surface area contributed by atoms with Crippen LogP contribution in [-0.4, -0.2) is 50.9 Å². The van der Waals surface area contributed by atoms with E-state index in [0.717, 1.165) is 22.6 Å². The molecule has 0 aliphatic heterocycles. The van der Waals surface area contributed by atoms with Crippen LogP contribution in [0.3, 0.4) is 0 Å². The van der Waals surface area contributed by atoms with Crippen molar-refractivity contribution < 1.29 is 24.1 Å². The first kappa shape index (κ1) is 20.2. The van der Waals surface area contributed by atoms with Gasteiger partial charge in [-0.1, -0.05) is 24.3 Å². The molecular formula is C21H28O5. The molecule has 2 aromatic carbocycles. The van der Waals surface area contributed by atoms with Crippen LogP contribution in [-0.2, 0) is 9.47 Å². The van der Waals surface area contributed by atoms with E-state index in [4.69, 9.17) is 24.1 Å². The molecular weight excluding hydrogens is 332 g/mol. The van der Waals surface area contributed by atoms with E-state index in [0.29, 0.717) is 33.0 Å². The van der Waals surface area contributed by atoms with E-state index in [9.17, 15) is 0 Å². The van der Waals surface area contributed by atoms with Gasteiger partial charge in [0.2, 0.25) is 0 Å². The Bertz CT molecular complexity index is 607. The fourth-order valence-electron chi connectivity index (χ4n) is 2.35. The van der Waals surface area contributed by atoms with Crippen molar-refractivity contribution in [3.8, 4) is 22.6 Å². The molecule has 0 aliphatic carbocycles. The lowest BCUT2D eigenvalue weighted by Gasteiger charge is -2.11. The Kier molecular flexibility index (Phi) is 8.96. The summed E-state index contributed by atoms with van der Waals surface area (Å²) < 4.78 is 21.8. The molecule has 0 aliphatic rings. The SMILES string of the molecule is CC(C)Oc1ccc(-c2ccc(OCCOCCOCCO)cc2)cc1. The highest BCUT2D eigenvalue weighted by Crippen LogP contribution is 2.25. The number of hydrogen-bond donors (Lipinski definition) is 1. The van der Waals surface area contributed by atoms with Crippen LogP contribution < -0.4 is 9.47 Å². The molecule has 0 aromatic heterocycles. The van der Waals surface area contributed by atoms with Crippen molar-refractivity contribution in [1.29, 1.82) is 0 Å². The van der Waals surface area contributed by atoms with Gasteiger partial charge in [0.25, 0.3) is 0 Å². The average molecular weight is 360 g/mol. The monoisotopic (exact) mass is 360 g/mol. The van der Waals surface area contributed by atoms with E-state index in [2.05, 4.69) is 12.1 Å². The zero-order valence-corrected chi connectivity index (χ0v) is 15.5. The maximum absolute atomic E-state index is 8.58. The van der Waals surface area contributed by atoms with Gasteiger partial charge in [0.1, 0.15) is 18.1 Å². The number of benzene rings is 2. The van der Waals surface area contributed by atoms with Crippen molar-refractivity contribution in [3.63, 3.8) is 0 Å². The molecule has 2 aromatic rings. The number of hydrogen-bond acceptors (Lipinski definition) is 5. The van der Waals surface area contributed by atoms with Crippen LogP contribution in [0, 0.1) is 0 Å². The van der Waals surface area contributed by atoms with Gasteiger partial charge in [-0.3, -0.25) is 0 Å². The number of aliphatic hydroxyl groups excluding tert-OH is 1. The van der Waals surface area contributed by atoms with Crippen LogP contribution in [0.4, 0.5) is 0 Å². The van der Waals surface area contributed by atoms with Gasteiger partial charge in [-0.2, -0.15) is 0 Å². The zero-order valence-electron chi connectivity index (χ0n) is 15.5. The maximum Gasteiger partial charge on any atom is 0.119 e. The van der Waals surface area contributed by atoms with Crippen molar-refractivity contribution in [1.82, 2.24) is 0 Å². The molecule has 0 spiro atoms. The minimum Gasteiger partial charge on any atom is -0.491 e. The summed E-state index contributed by atoms with van der Waals surface area (Å²) in [5, 5.41) is 8.58. The molecule has 142 valence electrons. The highest BCUT2D eigenvalue weighted by Gasteiger charge is 2.01. The number of ether oxygens (including phenoxy) is 4. The summed E-state index contributed by atoms with van der Waals surface area (Å²) in [6, 6.07) is 16.1. The first-order valence-corrected chi connectivity index (χ1v) is 8.95. The van der Waals surface area contributed by atoms with Crippen LogP contribution >= 0.6 is 0 Å². The van der Waals surface area contributed by atoms with Crippen LogP contribution in [0.1, 0.15) is 13.8 Å². The second-order valence-corrected chi connectivity index (χ2v) is 6.01. The maximum atomic E-state index is 8.58. The van der Waals surface area contributed by atoms with Crippen molar-refractivity contribution in [2.24, 2.45) is 0 Å². The summed E-state index contributed by atoms with van der Waals surface area (Å²) in [6.45, 7) is 6.39. The van der Waals surface area contributed by atoms with Gasteiger partial charge in [0, 0.05) is 0 Å². The smallest absolute Gasteiger partial charge is 0.119 e. The number of rotatable bonds is 12. The Labute approximate surface area is 155 Å². The number of aliphatic hydroxyl groups is 1. The summed E-state index contributed by atoms with van der Waals surface area (Å²) >= 11 is 0. The molecule has 0 saturated carbocycles. The summed E-state index contributed by atoms with van der Waals surface area (Å²) in [7, 11) is 0. The quantitative estimate of drug-likeness (QED) is 0.587. The molecule has 26 heavy (non-hydrogen) atoms. The fourth-order valence-corrected chi connectivity index (χ4v) is 2.35. The van der Waals surface area contributed by atoms with Crippen molar-refractivity contribution in [2.75, 3.05) is 39.6 Å². The Morgan fingerprint density at radius 1 is 0.692 bits per heavy atom. The zero-order chi connectivity index (χ0) is 18.6. The van der Waals surface area contributed by atoms with Gasteiger partial charge in [-0.25, -0.2) is 0 Å². The van der Waals surface area contributed by atoms with Crippen molar-refractivity contribution >= 4 is 0 Å². The van der Waals surface area contributed by atoms with Crippen molar-refractivity contribution in [2.45, 2.75) is 20.0 Å². The molecule has 1 N–H and O–H groups in total. The third-order valence-electron chi connectivity index (χ3n) is 3.52. The summed E-state index contributed by atoms with van der Waals surface area (Å²) in [6.07, 6.45) is 0.175. The normalized spacial score (nSPS) is 10.9. The summed E-state index contributed by atoms with van der Waals surface area (Å²) in [4.78, 5) is 0. The van der Waals surface area contributed by atoms with Crippen LogP contribution in [0.5, 0.6) is 11.5 Å². The molecule has 5 heteroatoms. The fraction of sp³-hybridized carbons (Fsp3) is 0.429. The highest BCUT2D eigenvalue weighted by atomic mass is 16.5. The Balaban J connectivity index is 1.72.